The molecular weight excluding hydrogens is 740 g/mol. The number of methoxy groups -OCH3 is 2. The van der Waals surface area contributed by atoms with E-state index < -0.39 is 62.4 Å². The van der Waals surface area contributed by atoms with Crippen molar-refractivity contribution in [2.24, 2.45) is 5.92 Å². The van der Waals surface area contributed by atoms with Crippen molar-refractivity contribution in [2.75, 3.05) is 31.8 Å². The van der Waals surface area contributed by atoms with Crippen molar-refractivity contribution in [3.8, 4) is 11.5 Å². The number of halogens is 4. The molecule has 2 heterocycles. The molecule has 1 aromatic heterocycles. The van der Waals surface area contributed by atoms with E-state index in [2.05, 4.69) is 10.3 Å². The summed E-state index contributed by atoms with van der Waals surface area (Å²) in [5.74, 6) is -5.97. The number of aromatic nitrogens is 1. The standard InChI is InChI=1S/C34H37FN4O7S.C2HF3O2/c1-19(2)47(43,44)29-9-7-6-8-24(29)34(3)25(33(41)42)13-15-39(34)32(40)30(23-17-27(45-4)28(46-5)18-26(23)35)38-21-10-11-22-20(16-21)12-14-37-31(22)36;3-2(4,5)1(6)7/h6-12,14,16-19,25,30,38H,13,15H2,1-5H3,(H2,36,37)(H,41,42);(H,6,7)/t25-,30-,34+;/m1./s1. The first-order chi connectivity index (χ1) is 25.2. The number of hydrogen-bond donors (Lipinski definition) is 4. The lowest BCUT2D eigenvalue weighted by Crippen LogP contribution is -2.51. The molecule has 3 aromatic carbocycles. The van der Waals surface area contributed by atoms with Crippen molar-refractivity contribution in [2.45, 2.75) is 55.1 Å². The lowest BCUT2D eigenvalue weighted by Gasteiger charge is -2.41. The smallest absolute Gasteiger partial charge is 0.490 e. The molecule has 18 heteroatoms. The number of nitrogens with two attached hydrogens (primary N) is 1. The number of nitrogens with one attached hydrogen (secondary N) is 1. The van der Waals surface area contributed by atoms with Crippen LogP contribution in [0.4, 0.5) is 29.1 Å². The number of anilines is 2. The molecule has 1 aliphatic heterocycles. The molecule has 0 saturated carbocycles. The van der Waals surface area contributed by atoms with Gasteiger partial charge in [0, 0.05) is 35.4 Å². The van der Waals surface area contributed by atoms with Crippen LogP contribution < -0.4 is 20.5 Å². The number of carboxylic acid groups (broad SMARTS) is 2. The van der Waals surface area contributed by atoms with Gasteiger partial charge in [-0.25, -0.2) is 22.6 Å². The number of pyridine rings is 1. The van der Waals surface area contributed by atoms with E-state index in [1.807, 2.05) is 0 Å². The molecule has 1 aliphatic rings. The largest absolute Gasteiger partial charge is 0.493 e. The average Bonchev–Trinajstić information content (AvgIpc) is 3.48. The summed E-state index contributed by atoms with van der Waals surface area (Å²) < 4.78 is 85.5. The van der Waals surface area contributed by atoms with Gasteiger partial charge >= 0.3 is 18.1 Å². The van der Waals surface area contributed by atoms with Crippen LogP contribution in [0.15, 0.2) is 71.8 Å². The van der Waals surface area contributed by atoms with Gasteiger partial charge in [-0.15, -0.1) is 0 Å². The first-order valence-corrected chi connectivity index (χ1v) is 17.7. The summed E-state index contributed by atoms with van der Waals surface area (Å²) in [7, 11) is -1.16. The predicted octanol–water partition coefficient (Wildman–Crippen LogP) is 5.79. The second kappa shape index (κ2) is 15.8. The number of nitrogen functional groups attached to an aromatic ring is 1. The van der Waals surface area contributed by atoms with E-state index in [0.29, 0.717) is 22.3 Å². The molecule has 1 amide bonds. The van der Waals surface area contributed by atoms with Crippen LogP contribution in [0.25, 0.3) is 10.8 Å². The second-order valence-electron chi connectivity index (χ2n) is 12.6. The van der Waals surface area contributed by atoms with Gasteiger partial charge < -0.3 is 35.6 Å². The summed E-state index contributed by atoms with van der Waals surface area (Å²) in [6.07, 6.45) is -3.50. The van der Waals surface area contributed by atoms with Crippen molar-refractivity contribution < 1.29 is 60.0 Å². The van der Waals surface area contributed by atoms with Crippen LogP contribution in [0, 0.1) is 11.7 Å². The Kier molecular flexibility index (Phi) is 12.0. The molecule has 0 spiro atoms. The minimum absolute atomic E-state index is 0.0324. The highest BCUT2D eigenvalue weighted by atomic mass is 32.2. The van der Waals surface area contributed by atoms with Crippen LogP contribution in [0.1, 0.15) is 44.4 Å². The zero-order valence-corrected chi connectivity index (χ0v) is 30.5. The van der Waals surface area contributed by atoms with E-state index in [-0.39, 0.29) is 40.5 Å². The molecule has 0 aliphatic carbocycles. The Balaban J connectivity index is 0.000000845. The Labute approximate surface area is 307 Å². The number of aliphatic carboxylic acids is 2. The Hall–Kier alpha value is -5.65. The first-order valence-electron chi connectivity index (χ1n) is 16.2. The van der Waals surface area contributed by atoms with Gasteiger partial charge in [0.2, 0.25) is 0 Å². The van der Waals surface area contributed by atoms with Gasteiger partial charge in [-0.3, -0.25) is 9.59 Å². The number of alkyl halides is 3. The highest BCUT2D eigenvalue weighted by Gasteiger charge is 2.55. The lowest BCUT2D eigenvalue weighted by atomic mass is 9.79. The zero-order valence-electron chi connectivity index (χ0n) is 29.6. The normalized spacial score (nSPS) is 17.7. The fraction of sp³-hybridized carbons (Fsp3) is 0.333. The van der Waals surface area contributed by atoms with Crippen LogP contribution in [0.2, 0.25) is 0 Å². The molecule has 1 fully saturated rings. The van der Waals surface area contributed by atoms with E-state index in [4.69, 9.17) is 25.1 Å². The monoisotopic (exact) mass is 778 g/mol. The maximum Gasteiger partial charge on any atom is 0.490 e. The average molecular weight is 779 g/mol. The Morgan fingerprint density at radius 2 is 1.63 bits per heavy atom. The molecule has 0 radical (unpaired) electrons. The third kappa shape index (κ3) is 7.97. The molecule has 1 saturated heterocycles. The van der Waals surface area contributed by atoms with Gasteiger partial charge in [0.25, 0.3) is 5.91 Å². The summed E-state index contributed by atoms with van der Waals surface area (Å²) in [5.41, 5.74) is 4.93. The number of rotatable bonds is 10. The Bertz CT molecular complexity index is 2180. The third-order valence-corrected chi connectivity index (χ3v) is 11.4. The van der Waals surface area contributed by atoms with Crippen molar-refractivity contribution >= 4 is 50.0 Å². The number of nitrogens with zero attached hydrogens (tertiary/aromatic N) is 2. The van der Waals surface area contributed by atoms with Crippen LogP contribution in [-0.4, -0.2) is 78.6 Å². The molecule has 0 bridgehead atoms. The van der Waals surface area contributed by atoms with Crippen LogP contribution in [0.3, 0.4) is 0 Å². The number of hydrogen-bond acceptors (Lipinski definition) is 10. The minimum Gasteiger partial charge on any atom is -0.493 e. The number of amides is 1. The Morgan fingerprint density at radius 3 is 2.20 bits per heavy atom. The highest BCUT2D eigenvalue weighted by Crippen LogP contribution is 2.48. The summed E-state index contributed by atoms with van der Waals surface area (Å²) in [6, 6.07) is 14.1. The number of likely N-dealkylation sites (tertiary alicyclic amines) is 1. The van der Waals surface area contributed by atoms with Gasteiger partial charge in [-0.1, -0.05) is 18.2 Å². The number of carbonyl (C=O) groups excluding carboxylic acids is 1. The number of sulfone groups is 1. The van der Waals surface area contributed by atoms with Crippen LogP contribution in [-0.2, 0) is 29.8 Å². The number of benzene rings is 3. The number of carboxylic acids is 2. The summed E-state index contributed by atoms with van der Waals surface area (Å²) in [4.78, 5) is 41.9. The Morgan fingerprint density at radius 1 is 1.02 bits per heavy atom. The molecule has 0 unspecified atom stereocenters. The van der Waals surface area contributed by atoms with E-state index in [1.54, 1.807) is 49.5 Å². The van der Waals surface area contributed by atoms with Gasteiger partial charge in [-0.05, 0) is 74.5 Å². The maximum atomic E-state index is 15.9. The van der Waals surface area contributed by atoms with Gasteiger partial charge in [-0.2, -0.15) is 13.2 Å². The first kappa shape index (κ1) is 41.1. The van der Waals surface area contributed by atoms with Gasteiger partial charge in [0.05, 0.1) is 35.8 Å². The van der Waals surface area contributed by atoms with Crippen LogP contribution >= 0.6 is 0 Å². The van der Waals surface area contributed by atoms with Crippen LogP contribution in [0.5, 0.6) is 11.5 Å². The van der Waals surface area contributed by atoms with Crippen molar-refractivity contribution in [3.05, 3.63) is 83.8 Å². The topological polar surface area (TPSA) is 198 Å². The highest BCUT2D eigenvalue weighted by molar-refractivity contribution is 7.92. The zero-order chi connectivity index (χ0) is 40.3. The summed E-state index contributed by atoms with van der Waals surface area (Å²) >= 11 is 0. The molecule has 5 rings (SSSR count). The molecule has 3 atom stereocenters. The van der Waals surface area contributed by atoms with Crippen molar-refractivity contribution in [1.29, 1.82) is 0 Å². The number of carbonyl (C=O) groups is 3. The molecular formula is C36H38F4N4O9S. The van der Waals surface area contributed by atoms with E-state index in [1.165, 1.54) is 51.2 Å². The summed E-state index contributed by atoms with van der Waals surface area (Å²) in [5, 5.41) is 21.2. The second-order valence-corrected chi connectivity index (χ2v) is 15.1. The lowest BCUT2D eigenvalue weighted by molar-refractivity contribution is -0.192. The molecule has 5 N–H and O–H groups in total. The quantitative estimate of drug-likeness (QED) is 0.142. The predicted molar refractivity (Wildman–Crippen MR) is 189 cm³/mol. The van der Waals surface area contributed by atoms with E-state index in [0.717, 1.165) is 6.07 Å². The third-order valence-electron chi connectivity index (χ3n) is 9.21. The van der Waals surface area contributed by atoms with Gasteiger partial charge in [0.1, 0.15) is 17.7 Å². The molecule has 54 heavy (non-hydrogen) atoms. The van der Waals surface area contributed by atoms with E-state index >= 15 is 4.39 Å². The number of fused-ring (bicyclic) bond motifs is 1. The molecule has 290 valence electrons. The fourth-order valence-corrected chi connectivity index (χ4v) is 7.72. The van der Waals surface area contributed by atoms with Gasteiger partial charge in [0.15, 0.2) is 21.3 Å². The molecule has 13 nitrogen and oxygen atoms in total. The summed E-state index contributed by atoms with van der Waals surface area (Å²) in [6.45, 7) is 4.59. The number of ether oxygens (including phenoxy) is 2. The van der Waals surface area contributed by atoms with E-state index in [9.17, 15) is 36.3 Å². The van der Waals surface area contributed by atoms with Crippen molar-refractivity contribution in [3.63, 3.8) is 0 Å². The van der Waals surface area contributed by atoms with Crippen molar-refractivity contribution in [1.82, 2.24) is 9.88 Å². The minimum atomic E-state index is -5.08. The fourth-order valence-electron chi connectivity index (χ4n) is 6.36. The molecule has 4 aromatic rings. The SMILES string of the molecule is COc1cc(F)c([C@@H](Nc2ccc3c(N)nccc3c2)C(=O)N2CC[C@H](C(=O)O)[C@]2(C)c2ccccc2S(=O)(=O)C(C)C)cc1OC.O=C(O)C(F)(F)F. The maximum absolute atomic E-state index is 15.9.